The topological polar surface area (TPSA) is 35.0 Å². The van der Waals surface area contributed by atoms with E-state index in [1.165, 1.54) is 18.5 Å². The van der Waals surface area contributed by atoms with Crippen molar-refractivity contribution < 1.29 is 9.13 Å². The second-order valence-corrected chi connectivity index (χ2v) is 3.75. The molecule has 0 fully saturated rings. The summed E-state index contributed by atoms with van der Waals surface area (Å²) in [6.45, 7) is 0. The van der Waals surface area contributed by atoms with Crippen molar-refractivity contribution in [3.05, 3.63) is 60.7 Å². The third-order valence-corrected chi connectivity index (χ3v) is 2.53. The molecule has 0 saturated heterocycles. The van der Waals surface area contributed by atoms with Gasteiger partial charge in [0, 0.05) is 0 Å². The van der Waals surface area contributed by atoms with Crippen LogP contribution in [0.2, 0.25) is 0 Å². The number of para-hydroxylation sites is 1. The number of halogens is 1. The summed E-state index contributed by atoms with van der Waals surface area (Å²) in [7, 11) is 0. The second kappa shape index (κ2) is 4.41. The number of hydrogen-bond donors (Lipinski definition) is 0. The molecule has 0 saturated carbocycles. The third kappa shape index (κ3) is 2.00. The predicted octanol–water partition coefficient (Wildman–Crippen LogP) is 3.56. The van der Waals surface area contributed by atoms with E-state index < -0.39 is 0 Å². The van der Waals surface area contributed by atoms with Crippen LogP contribution < -0.4 is 4.74 Å². The lowest BCUT2D eigenvalue weighted by Crippen LogP contribution is -1.91. The van der Waals surface area contributed by atoms with Crippen molar-refractivity contribution in [3.63, 3.8) is 0 Å². The first-order valence-corrected chi connectivity index (χ1v) is 5.46. The first kappa shape index (κ1) is 10.7. The molecule has 0 aliphatic rings. The fourth-order valence-electron chi connectivity index (χ4n) is 1.68. The molecule has 0 atom stereocenters. The number of nitrogens with zero attached hydrogens (tertiary/aromatic N) is 2. The predicted molar refractivity (Wildman–Crippen MR) is 66.0 cm³/mol. The maximum atomic E-state index is 12.8. The number of rotatable bonds is 2. The molecule has 0 aliphatic carbocycles. The fraction of sp³-hybridized carbons (Fsp3) is 0. The van der Waals surface area contributed by atoms with Crippen molar-refractivity contribution in [2.45, 2.75) is 0 Å². The highest BCUT2D eigenvalue weighted by Gasteiger charge is 2.05. The van der Waals surface area contributed by atoms with Crippen LogP contribution in [0.3, 0.4) is 0 Å². The summed E-state index contributed by atoms with van der Waals surface area (Å²) in [4.78, 5) is 8.24. The number of fused-ring (bicyclic) bond motifs is 1. The molecule has 4 heteroatoms. The molecule has 18 heavy (non-hydrogen) atoms. The van der Waals surface area contributed by atoms with Crippen LogP contribution in [-0.4, -0.2) is 9.97 Å². The molecule has 0 amide bonds. The van der Waals surface area contributed by atoms with Crippen molar-refractivity contribution in [2.75, 3.05) is 0 Å². The van der Waals surface area contributed by atoms with Gasteiger partial charge < -0.3 is 4.74 Å². The van der Waals surface area contributed by atoms with E-state index in [4.69, 9.17) is 4.74 Å². The minimum Gasteiger partial charge on any atom is -0.438 e. The zero-order valence-electron chi connectivity index (χ0n) is 9.38. The minimum atomic E-state index is -0.296. The van der Waals surface area contributed by atoms with E-state index in [0.29, 0.717) is 11.6 Å². The van der Waals surface area contributed by atoms with E-state index in [1.54, 1.807) is 12.1 Å². The standard InChI is InChI=1S/C14H9FN2O/c15-10-5-7-11(8-6-10)18-14-12-3-1-2-4-13(12)16-9-17-14/h1-9H. The average Bonchev–Trinajstić information content (AvgIpc) is 2.42. The van der Waals surface area contributed by atoms with Gasteiger partial charge in [0.2, 0.25) is 5.88 Å². The largest absolute Gasteiger partial charge is 0.438 e. The van der Waals surface area contributed by atoms with Crippen molar-refractivity contribution in [1.82, 2.24) is 9.97 Å². The first-order valence-electron chi connectivity index (χ1n) is 5.46. The Balaban J connectivity index is 2.02. The van der Waals surface area contributed by atoms with Crippen LogP contribution >= 0.6 is 0 Å². The van der Waals surface area contributed by atoms with Gasteiger partial charge in [0.25, 0.3) is 0 Å². The van der Waals surface area contributed by atoms with Gasteiger partial charge in [0.05, 0.1) is 10.9 Å². The van der Waals surface area contributed by atoms with Gasteiger partial charge in [-0.05, 0) is 36.4 Å². The van der Waals surface area contributed by atoms with Crippen LogP contribution in [0.1, 0.15) is 0 Å². The SMILES string of the molecule is Fc1ccc(Oc2ncnc3ccccc23)cc1. The highest BCUT2D eigenvalue weighted by Crippen LogP contribution is 2.26. The number of hydrogen-bond acceptors (Lipinski definition) is 3. The summed E-state index contributed by atoms with van der Waals surface area (Å²) in [6.07, 6.45) is 1.45. The van der Waals surface area contributed by atoms with Crippen molar-refractivity contribution in [1.29, 1.82) is 0 Å². The Morgan fingerprint density at radius 2 is 1.67 bits per heavy atom. The van der Waals surface area contributed by atoms with Crippen LogP contribution in [-0.2, 0) is 0 Å². The lowest BCUT2D eigenvalue weighted by molar-refractivity contribution is 0.466. The Morgan fingerprint density at radius 3 is 2.50 bits per heavy atom. The molecule has 88 valence electrons. The van der Waals surface area contributed by atoms with E-state index in [-0.39, 0.29) is 5.82 Å². The highest BCUT2D eigenvalue weighted by atomic mass is 19.1. The Labute approximate surface area is 103 Å². The summed E-state index contributed by atoms with van der Waals surface area (Å²) >= 11 is 0. The molecular weight excluding hydrogens is 231 g/mol. The van der Waals surface area contributed by atoms with Crippen LogP contribution in [0.5, 0.6) is 11.6 Å². The molecule has 0 N–H and O–H groups in total. The molecule has 0 radical (unpaired) electrons. The van der Waals surface area contributed by atoms with Gasteiger partial charge in [0.1, 0.15) is 17.9 Å². The Hall–Kier alpha value is -2.49. The molecule has 1 heterocycles. The molecule has 1 aromatic heterocycles. The molecule has 3 rings (SSSR count). The van der Waals surface area contributed by atoms with E-state index in [0.717, 1.165) is 10.9 Å². The zero-order chi connectivity index (χ0) is 12.4. The second-order valence-electron chi connectivity index (χ2n) is 3.75. The van der Waals surface area contributed by atoms with Crippen molar-refractivity contribution in [2.24, 2.45) is 0 Å². The molecule has 3 nitrogen and oxygen atoms in total. The summed E-state index contributed by atoms with van der Waals surface area (Å²) < 4.78 is 18.4. The van der Waals surface area contributed by atoms with E-state index >= 15 is 0 Å². The summed E-state index contributed by atoms with van der Waals surface area (Å²) in [5, 5.41) is 0.823. The Bertz CT molecular complexity index is 677. The van der Waals surface area contributed by atoms with Crippen LogP contribution in [0, 0.1) is 5.82 Å². The fourth-order valence-corrected chi connectivity index (χ4v) is 1.68. The molecule has 0 unspecified atom stereocenters. The minimum absolute atomic E-state index is 0.296. The molecule has 0 spiro atoms. The Kier molecular flexibility index (Phi) is 2.61. The maximum absolute atomic E-state index is 12.8. The lowest BCUT2D eigenvalue weighted by Gasteiger charge is -2.06. The number of ether oxygens (including phenoxy) is 1. The highest BCUT2D eigenvalue weighted by molar-refractivity contribution is 5.83. The third-order valence-electron chi connectivity index (χ3n) is 2.53. The van der Waals surface area contributed by atoms with Gasteiger partial charge in [-0.2, -0.15) is 0 Å². The molecular formula is C14H9FN2O. The van der Waals surface area contributed by atoms with Gasteiger partial charge >= 0.3 is 0 Å². The Morgan fingerprint density at radius 1 is 0.889 bits per heavy atom. The molecule has 0 aliphatic heterocycles. The smallest absolute Gasteiger partial charge is 0.230 e. The van der Waals surface area contributed by atoms with Crippen molar-refractivity contribution in [3.8, 4) is 11.6 Å². The molecule has 2 aromatic carbocycles. The summed E-state index contributed by atoms with van der Waals surface area (Å²) in [5.74, 6) is 0.711. The summed E-state index contributed by atoms with van der Waals surface area (Å²) in [5.41, 5.74) is 0.810. The monoisotopic (exact) mass is 240 g/mol. The summed E-state index contributed by atoms with van der Waals surface area (Å²) in [6, 6.07) is 13.4. The van der Waals surface area contributed by atoms with Gasteiger partial charge in [0.15, 0.2) is 0 Å². The van der Waals surface area contributed by atoms with Crippen molar-refractivity contribution >= 4 is 10.9 Å². The van der Waals surface area contributed by atoms with E-state index in [9.17, 15) is 4.39 Å². The van der Waals surface area contributed by atoms with Crippen LogP contribution in [0.4, 0.5) is 4.39 Å². The van der Waals surface area contributed by atoms with Crippen LogP contribution in [0.25, 0.3) is 10.9 Å². The van der Waals surface area contributed by atoms with E-state index in [1.807, 2.05) is 24.3 Å². The van der Waals surface area contributed by atoms with Gasteiger partial charge in [-0.25, -0.2) is 14.4 Å². The first-order chi connectivity index (χ1) is 8.83. The lowest BCUT2D eigenvalue weighted by atomic mass is 10.2. The number of benzene rings is 2. The molecule has 3 aromatic rings. The van der Waals surface area contributed by atoms with Gasteiger partial charge in [-0.15, -0.1) is 0 Å². The number of aromatic nitrogens is 2. The average molecular weight is 240 g/mol. The zero-order valence-corrected chi connectivity index (χ0v) is 9.38. The quantitative estimate of drug-likeness (QED) is 0.687. The van der Waals surface area contributed by atoms with Crippen LogP contribution in [0.15, 0.2) is 54.9 Å². The van der Waals surface area contributed by atoms with Gasteiger partial charge in [-0.1, -0.05) is 12.1 Å². The van der Waals surface area contributed by atoms with E-state index in [2.05, 4.69) is 9.97 Å². The molecule has 0 bridgehead atoms. The normalized spacial score (nSPS) is 10.5. The maximum Gasteiger partial charge on any atom is 0.230 e. The van der Waals surface area contributed by atoms with Gasteiger partial charge in [-0.3, -0.25) is 0 Å².